The molecule has 31 heavy (non-hydrogen) atoms. The first kappa shape index (κ1) is 24.0. The summed E-state index contributed by atoms with van der Waals surface area (Å²) in [5, 5.41) is 24.5. The van der Waals surface area contributed by atoms with Crippen LogP contribution >= 0.6 is 0 Å². The summed E-state index contributed by atoms with van der Waals surface area (Å²) in [4.78, 5) is 24.4. The highest BCUT2D eigenvalue weighted by Gasteiger charge is 2.25. The Balaban J connectivity index is 2.67. The maximum Gasteiger partial charge on any atom is 0.325 e. The van der Waals surface area contributed by atoms with Crippen LogP contribution in [-0.2, 0) is 16.0 Å². The average Bonchev–Trinajstić information content (AvgIpc) is 2.71. The third-order valence-electron chi connectivity index (χ3n) is 5.16. The number of phenols is 2. The molecule has 0 fully saturated rings. The van der Waals surface area contributed by atoms with Gasteiger partial charge < -0.3 is 20.3 Å². The fourth-order valence-corrected chi connectivity index (χ4v) is 3.54. The van der Waals surface area contributed by atoms with E-state index in [1.54, 1.807) is 0 Å². The zero-order valence-electron chi connectivity index (χ0n) is 18.7. The molecule has 0 radical (unpaired) electrons. The molecular weight excluding hydrogens is 394 g/mol. The van der Waals surface area contributed by atoms with Crippen LogP contribution in [0.4, 0.5) is 0 Å². The van der Waals surface area contributed by atoms with E-state index in [9.17, 15) is 19.8 Å². The summed E-state index contributed by atoms with van der Waals surface area (Å²) in [6.07, 6.45) is 3.25. The monoisotopic (exact) mass is 425 g/mol. The molecule has 0 aliphatic heterocycles. The van der Waals surface area contributed by atoms with E-state index in [0.29, 0.717) is 17.5 Å². The number of phenolic OH excluding ortho intramolecular Hbond substituents is 2. The number of nitrogens with one attached hydrogen (secondary N) is 1. The molecule has 0 aliphatic carbocycles. The number of carbonyl (C=O) groups is 2. The van der Waals surface area contributed by atoms with Gasteiger partial charge in [0.05, 0.1) is 18.2 Å². The first-order valence-electron chi connectivity index (χ1n) is 10.4. The van der Waals surface area contributed by atoms with Gasteiger partial charge in [0.15, 0.2) is 0 Å². The van der Waals surface area contributed by atoms with Gasteiger partial charge in [-0.2, -0.15) is 0 Å². The van der Waals surface area contributed by atoms with Gasteiger partial charge in [0, 0.05) is 0 Å². The van der Waals surface area contributed by atoms with E-state index in [0.717, 1.165) is 36.0 Å². The SMILES string of the molecule is C=C(C)c1ccc(C)cc1-c1c(O)cc(CCCCC)c(C(=O)NCC(=O)OC)c1O. The minimum absolute atomic E-state index is 0.0574. The Morgan fingerprint density at radius 1 is 1.16 bits per heavy atom. The first-order valence-corrected chi connectivity index (χ1v) is 10.4. The van der Waals surface area contributed by atoms with Gasteiger partial charge in [0.25, 0.3) is 5.91 Å². The van der Waals surface area contributed by atoms with Gasteiger partial charge in [0.2, 0.25) is 0 Å². The van der Waals surface area contributed by atoms with Gasteiger partial charge in [-0.1, -0.05) is 55.7 Å². The van der Waals surface area contributed by atoms with E-state index in [1.807, 2.05) is 32.0 Å². The Morgan fingerprint density at radius 3 is 2.48 bits per heavy atom. The summed E-state index contributed by atoms with van der Waals surface area (Å²) in [7, 11) is 1.23. The summed E-state index contributed by atoms with van der Waals surface area (Å²) in [6, 6.07) is 7.16. The summed E-state index contributed by atoms with van der Waals surface area (Å²) in [5.41, 5.74) is 3.80. The van der Waals surface area contributed by atoms with Gasteiger partial charge in [-0.3, -0.25) is 9.59 Å². The molecule has 0 heterocycles. The van der Waals surface area contributed by atoms with Gasteiger partial charge >= 0.3 is 5.97 Å². The van der Waals surface area contributed by atoms with Crippen LogP contribution in [0.5, 0.6) is 11.5 Å². The molecule has 0 saturated carbocycles. The number of hydrogen-bond donors (Lipinski definition) is 3. The number of aromatic hydroxyl groups is 2. The lowest BCUT2D eigenvalue weighted by Crippen LogP contribution is -2.31. The van der Waals surface area contributed by atoms with Crippen LogP contribution in [0.2, 0.25) is 0 Å². The molecule has 0 unspecified atom stereocenters. The Morgan fingerprint density at radius 2 is 1.87 bits per heavy atom. The molecule has 166 valence electrons. The van der Waals surface area contributed by atoms with Gasteiger partial charge in [-0.25, -0.2) is 0 Å². The lowest BCUT2D eigenvalue weighted by molar-refractivity contribution is -0.139. The molecule has 0 atom stereocenters. The van der Waals surface area contributed by atoms with Crippen molar-refractivity contribution < 1.29 is 24.5 Å². The van der Waals surface area contributed by atoms with Crippen LogP contribution < -0.4 is 5.32 Å². The van der Waals surface area contributed by atoms with Crippen molar-refractivity contribution in [2.45, 2.75) is 46.5 Å². The van der Waals surface area contributed by atoms with Crippen molar-refractivity contribution >= 4 is 17.4 Å². The lowest BCUT2D eigenvalue weighted by atomic mass is 9.89. The van der Waals surface area contributed by atoms with Crippen LogP contribution in [0.1, 0.15) is 60.2 Å². The molecule has 0 spiro atoms. The van der Waals surface area contributed by atoms with Crippen molar-refractivity contribution in [2.75, 3.05) is 13.7 Å². The number of aryl methyl sites for hydroxylation is 2. The minimum atomic E-state index is -0.597. The fraction of sp³-hybridized carbons (Fsp3) is 0.360. The fourth-order valence-electron chi connectivity index (χ4n) is 3.54. The smallest absolute Gasteiger partial charge is 0.325 e. The van der Waals surface area contributed by atoms with E-state index in [4.69, 9.17) is 0 Å². The molecule has 6 heteroatoms. The van der Waals surface area contributed by atoms with E-state index in [1.165, 1.54) is 13.2 Å². The standard InChI is InChI=1S/C25H31NO5/c1-6-7-8-9-17-13-20(27)23(19-12-16(4)10-11-18(19)15(2)3)24(29)22(17)25(30)26-14-21(28)31-5/h10-13,27,29H,2,6-9,14H2,1,3-5H3,(H,26,30). The largest absolute Gasteiger partial charge is 0.507 e. The van der Waals surface area contributed by atoms with Crippen LogP contribution in [0, 0.1) is 6.92 Å². The number of unbranched alkanes of at least 4 members (excludes halogenated alkanes) is 2. The zero-order chi connectivity index (χ0) is 23.1. The van der Waals surface area contributed by atoms with Crippen LogP contribution in [0.25, 0.3) is 16.7 Å². The Bertz CT molecular complexity index is 994. The number of esters is 1. The highest BCUT2D eigenvalue weighted by Crippen LogP contribution is 2.44. The van der Waals surface area contributed by atoms with Crippen molar-refractivity contribution in [1.29, 1.82) is 0 Å². The molecule has 1 amide bonds. The predicted octanol–water partition coefficient (Wildman–Crippen LogP) is 4.74. The van der Waals surface area contributed by atoms with Crippen molar-refractivity contribution in [1.82, 2.24) is 5.32 Å². The summed E-state index contributed by atoms with van der Waals surface area (Å²) in [6.45, 7) is 9.48. The Labute approximate surface area is 183 Å². The first-order chi connectivity index (χ1) is 14.7. The number of allylic oxidation sites excluding steroid dienone is 1. The minimum Gasteiger partial charge on any atom is -0.507 e. The van der Waals surface area contributed by atoms with E-state index < -0.39 is 11.9 Å². The second-order valence-electron chi connectivity index (χ2n) is 7.70. The molecule has 0 aliphatic rings. The third kappa shape index (κ3) is 5.66. The average molecular weight is 426 g/mol. The highest BCUT2D eigenvalue weighted by molar-refractivity contribution is 6.03. The number of ether oxygens (including phenoxy) is 1. The number of methoxy groups -OCH3 is 1. The van der Waals surface area contributed by atoms with Crippen molar-refractivity contribution in [3.8, 4) is 22.6 Å². The summed E-state index contributed by atoms with van der Waals surface area (Å²) in [5.74, 6) is -1.62. The van der Waals surface area contributed by atoms with Crippen molar-refractivity contribution in [3.05, 3.63) is 53.1 Å². The highest BCUT2D eigenvalue weighted by atomic mass is 16.5. The normalized spacial score (nSPS) is 10.6. The molecule has 0 saturated heterocycles. The molecule has 2 rings (SSSR count). The van der Waals surface area contributed by atoms with E-state index in [-0.39, 0.29) is 29.2 Å². The second kappa shape index (κ2) is 10.7. The number of amides is 1. The van der Waals surface area contributed by atoms with Crippen molar-refractivity contribution in [2.24, 2.45) is 0 Å². The second-order valence-corrected chi connectivity index (χ2v) is 7.70. The number of hydrogen-bond acceptors (Lipinski definition) is 5. The number of rotatable bonds is 9. The van der Waals surface area contributed by atoms with Crippen LogP contribution in [0.3, 0.4) is 0 Å². The maximum atomic E-state index is 12.9. The molecule has 6 nitrogen and oxygen atoms in total. The van der Waals surface area contributed by atoms with Gasteiger partial charge in [-0.15, -0.1) is 0 Å². The van der Waals surface area contributed by atoms with Gasteiger partial charge in [-0.05, 0) is 49.4 Å². The molecule has 3 N–H and O–H groups in total. The molecule has 0 bridgehead atoms. The van der Waals surface area contributed by atoms with E-state index in [2.05, 4.69) is 23.6 Å². The van der Waals surface area contributed by atoms with Crippen LogP contribution in [0.15, 0.2) is 30.8 Å². The van der Waals surface area contributed by atoms with Gasteiger partial charge in [0.1, 0.15) is 18.0 Å². The van der Waals surface area contributed by atoms with E-state index >= 15 is 0 Å². The lowest BCUT2D eigenvalue weighted by Gasteiger charge is -2.19. The Hall–Kier alpha value is -3.28. The molecule has 0 aromatic heterocycles. The zero-order valence-corrected chi connectivity index (χ0v) is 18.7. The summed E-state index contributed by atoms with van der Waals surface area (Å²) < 4.78 is 4.58. The molecular formula is C25H31NO5. The quantitative estimate of drug-likeness (QED) is 0.398. The number of benzene rings is 2. The van der Waals surface area contributed by atoms with Crippen molar-refractivity contribution in [3.63, 3.8) is 0 Å². The van der Waals surface area contributed by atoms with Crippen LogP contribution in [-0.4, -0.2) is 35.7 Å². The predicted molar refractivity (Wildman–Crippen MR) is 122 cm³/mol. The third-order valence-corrected chi connectivity index (χ3v) is 5.16. The topological polar surface area (TPSA) is 95.9 Å². The molecule has 2 aromatic rings. The molecule has 2 aromatic carbocycles. The maximum absolute atomic E-state index is 12.9. The number of carbonyl (C=O) groups excluding carboxylic acids is 2. The summed E-state index contributed by atoms with van der Waals surface area (Å²) >= 11 is 0. The Kier molecular flexibility index (Phi) is 8.25.